The lowest BCUT2D eigenvalue weighted by molar-refractivity contribution is 0.446. The van der Waals surface area contributed by atoms with E-state index in [0.29, 0.717) is 0 Å². The van der Waals surface area contributed by atoms with Gasteiger partial charge >= 0.3 is 0 Å². The standard InChI is InChI=1S/C17H28N2/c1-4-16(18)11-15-10-13(2)7-8-17(15)19-9-5-6-14(3)12-19/h7-8,10,14,16H,4-6,9,11-12,18H2,1-3H3. The molecule has 0 aromatic heterocycles. The van der Waals surface area contributed by atoms with E-state index in [4.69, 9.17) is 5.73 Å². The van der Waals surface area contributed by atoms with Crippen LogP contribution in [-0.4, -0.2) is 19.1 Å². The van der Waals surface area contributed by atoms with E-state index in [-0.39, 0.29) is 6.04 Å². The highest BCUT2D eigenvalue weighted by Crippen LogP contribution is 2.28. The van der Waals surface area contributed by atoms with Crippen molar-refractivity contribution in [1.82, 2.24) is 0 Å². The Morgan fingerprint density at radius 1 is 1.42 bits per heavy atom. The van der Waals surface area contributed by atoms with Crippen molar-refractivity contribution in [2.24, 2.45) is 11.7 Å². The molecule has 1 heterocycles. The first kappa shape index (κ1) is 14.4. The van der Waals surface area contributed by atoms with Crippen LogP contribution in [0.15, 0.2) is 18.2 Å². The minimum absolute atomic E-state index is 0.280. The van der Waals surface area contributed by atoms with Gasteiger partial charge in [0.15, 0.2) is 0 Å². The zero-order chi connectivity index (χ0) is 13.8. The van der Waals surface area contributed by atoms with Crippen LogP contribution in [0.1, 0.15) is 44.2 Å². The van der Waals surface area contributed by atoms with E-state index in [9.17, 15) is 0 Å². The van der Waals surface area contributed by atoms with E-state index in [1.807, 2.05) is 0 Å². The summed E-state index contributed by atoms with van der Waals surface area (Å²) in [6, 6.07) is 7.13. The molecule has 0 aliphatic carbocycles. The molecule has 2 atom stereocenters. The normalized spacial score (nSPS) is 21.5. The molecular weight excluding hydrogens is 232 g/mol. The van der Waals surface area contributed by atoms with Gasteiger partial charge in [0.05, 0.1) is 0 Å². The number of hydrogen-bond donors (Lipinski definition) is 1. The quantitative estimate of drug-likeness (QED) is 0.897. The van der Waals surface area contributed by atoms with Crippen molar-refractivity contribution in [3.63, 3.8) is 0 Å². The highest BCUT2D eigenvalue weighted by Gasteiger charge is 2.19. The fourth-order valence-electron chi connectivity index (χ4n) is 3.02. The summed E-state index contributed by atoms with van der Waals surface area (Å²) in [4.78, 5) is 2.56. The number of piperidine rings is 1. The second-order valence-electron chi connectivity index (χ2n) is 6.20. The largest absolute Gasteiger partial charge is 0.371 e. The number of anilines is 1. The van der Waals surface area contributed by atoms with E-state index in [1.165, 1.54) is 42.7 Å². The van der Waals surface area contributed by atoms with Crippen molar-refractivity contribution in [2.75, 3.05) is 18.0 Å². The molecule has 2 rings (SSSR count). The van der Waals surface area contributed by atoms with Crippen LogP contribution < -0.4 is 10.6 Å². The van der Waals surface area contributed by atoms with Crippen LogP contribution in [0, 0.1) is 12.8 Å². The zero-order valence-corrected chi connectivity index (χ0v) is 12.7. The van der Waals surface area contributed by atoms with Gasteiger partial charge in [-0.3, -0.25) is 0 Å². The lowest BCUT2D eigenvalue weighted by Gasteiger charge is -2.34. The van der Waals surface area contributed by atoms with Gasteiger partial charge in [0.1, 0.15) is 0 Å². The average molecular weight is 260 g/mol. The molecule has 0 saturated carbocycles. The number of rotatable bonds is 4. The molecule has 0 radical (unpaired) electrons. The predicted molar refractivity (Wildman–Crippen MR) is 83.8 cm³/mol. The third-order valence-corrected chi connectivity index (χ3v) is 4.24. The first-order valence-electron chi connectivity index (χ1n) is 7.70. The molecule has 1 aromatic rings. The molecule has 1 fully saturated rings. The third-order valence-electron chi connectivity index (χ3n) is 4.24. The van der Waals surface area contributed by atoms with Crippen LogP contribution in [0.2, 0.25) is 0 Å². The molecule has 1 aliphatic rings. The number of hydrogen-bond acceptors (Lipinski definition) is 2. The van der Waals surface area contributed by atoms with Crippen LogP contribution in [0.4, 0.5) is 5.69 Å². The summed E-state index contributed by atoms with van der Waals surface area (Å²) >= 11 is 0. The maximum absolute atomic E-state index is 6.16. The zero-order valence-electron chi connectivity index (χ0n) is 12.7. The van der Waals surface area contributed by atoms with E-state index in [1.54, 1.807) is 0 Å². The fourth-order valence-corrected chi connectivity index (χ4v) is 3.02. The van der Waals surface area contributed by atoms with E-state index in [2.05, 4.69) is 43.9 Å². The van der Waals surface area contributed by atoms with Crippen molar-refractivity contribution in [3.8, 4) is 0 Å². The van der Waals surface area contributed by atoms with Crippen molar-refractivity contribution in [2.45, 2.75) is 52.5 Å². The fraction of sp³-hybridized carbons (Fsp3) is 0.647. The SMILES string of the molecule is CCC(N)Cc1cc(C)ccc1N1CCCC(C)C1. The molecule has 2 nitrogen and oxygen atoms in total. The first-order chi connectivity index (χ1) is 9.10. The summed E-state index contributed by atoms with van der Waals surface area (Å²) in [6.45, 7) is 9.09. The van der Waals surface area contributed by atoms with Crippen molar-refractivity contribution in [3.05, 3.63) is 29.3 Å². The summed E-state index contributed by atoms with van der Waals surface area (Å²) in [7, 11) is 0. The highest BCUT2D eigenvalue weighted by molar-refractivity contribution is 5.55. The Kier molecular flexibility index (Phi) is 4.87. The van der Waals surface area contributed by atoms with Gasteiger partial charge in [-0.2, -0.15) is 0 Å². The minimum atomic E-state index is 0.280. The lowest BCUT2D eigenvalue weighted by atomic mass is 9.96. The Morgan fingerprint density at radius 3 is 2.89 bits per heavy atom. The average Bonchev–Trinajstić information content (AvgIpc) is 2.38. The molecular formula is C17H28N2. The molecule has 1 aliphatic heterocycles. The maximum Gasteiger partial charge on any atom is 0.0399 e. The van der Waals surface area contributed by atoms with Crippen LogP contribution in [0.25, 0.3) is 0 Å². The summed E-state index contributed by atoms with van der Waals surface area (Å²) in [5.41, 5.74) is 10.4. The van der Waals surface area contributed by atoms with Gasteiger partial charge in [-0.25, -0.2) is 0 Å². The summed E-state index contributed by atoms with van der Waals surface area (Å²) in [5, 5.41) is 0. The second-order valence-corrected chi connectivity index (χ2v) is 6.20. The van der Waals surface area contributed by atoms with E-state index < -0.39 is 0 Å². The third kappa shape index (κ3) is 3.73. The molecule has 2 heteroatoms. The predicted octanol–water partition coefficient (Wildman–Crippen LogP) is 3.51. The molecule has 0 bridgehead atoms. The number of nitrogens with zero attached hydrogens (tertiary/aromatic N) is 1. The second kappa shape index (κ2) is 6.42. The smallest absolute Gasteiger partial charge is 0.0399 e. The summed E-state index contributed by atoms with van der Waals surface area (Å²) in [6.07, 6.45) is 4.72. The summed E-state index contributed by atoms with van der Waals surface area (Å²) < 4.78 is 0. The highest BCUT2D eigenvalue weighted by atomic mass is 15.1. The molecule has 19 heavy (non-hydrogen) atoms. The minimum Gasteiger partial charge on any atom is -0.371 e. The molecule has 0 spiro atoms. The van der Waals surface area contributed by atoms with E-state index >= 15 is 0 Å². The van der Waals surface area contributed by atoms with Crippen LogP contribution >= 0.6 is 0 Å². The molecule has 2 unspecified atom stereocenters. The Morgan fingerprint density at radius 2 is 2.21 bits per heavy atom. The van der Waals surface area contributed by atoms with Crippen LogP contribution in [0.3, 0.4) is 0 Å². The number of nitrogens with two attached hydrogens (primary N) is 1. The molecule has 2 N–H and O–H groups in total. The van der Waals surface area contributed by atoms with Gasteiger partial charge in [0.25, 0.3) is 0 Å². The van der Waals surface area contributed by atoms with Gasteiger partial charge in [0, 0.05) is 24.8 Å². The van der Waals surface area contributed by atoms with E-state index in [0.717, 1.165) is 18.8 Å². The van der Waals surface area contributed by atoms with Crippen LogP contribution in [-0.2, 0) is 6.42 Å². The van der Waals surface area contributed by atoms with Gasteiger partial charge in [-0.15, -0.1) is 0 Å². The molecule has 1 saturated heterocycles. The van der Waals surface area contributed by atoms with Gasteiger partial charge in [-0.1, -0.05) is 31.5 Å². The van der Waals surface area contributed by atoms with Crippen LogP contribution in [0.5, 0.6) is 0 Å². The molecule has 1 aromatic carbocycles. The van der Waals surface area contributed by atoms with Crippen molar-refractivity contribution >= 4 is 5.69 Å². The lowest BCUT2D eigenvalue weighted by Crippen LogP contribution is -2.35. The molecule has 106 valence electrons. The maximum atomic E-state index is 6.16. The Balaban J connectivity index is 2.22. The van der Waals surface area contributed by atoms with Crippen molar-refractivity contribution < 1.29 is 0 Å². The van der Waals surface area contributed by atoms with Gasteiger partial charge < -0.3 is 10.6 Å². The summed E-state index contributed by atoms with van der Waals surface area (Å²) in [5.74, 6) is 0.808. The topological polar surface area (TPSA) is 29.3 Å². The number of benzene rings is 1. The van der Waals surface area contributed by atoms with Gasteiger partial charge in [-0.05, 0) is 50.2 Å². The monoisotopic (exact) mass is 260 g/mol. The Labute approximate surface area is 118 Å². The van der Waals surface area contributed by atoms with Crippen molar-refractivity contribution in [1.29, 1.82) is 0 Å². The number of aryl methyl sites for hydroxylation is 1. The van der Waals surface area contributed by atoms with Gasteiger partial charge in [0.2, 0.25) is 0 Å². The Bertz CT molecular complexity index is 414. The first-order valence-corrected chi connectivity index (χ1v) is 7.70. The molecule has 0 amide bonds. The Hall–Kier alpha value is -1.02.